The van der Waals surface area contributed by atoms with Gasteiger partial charge >= 0.3 is 5.97 Å². The number of carboxylic acid groups (broad SMARTS) is 1. The summed E-state index contributed by atoms with van der Waals surface area (Å²) in [4.78, 5) is 10.6. The van der Waals surface area contributed by atoms with Gasteiger partial charge in [-0.25, -0.2) is 4.79 Å². The van der Waals surface area contributed by atoms with Crippen molar-refractivity contribution in [2.24, 2.45) is 11.8 Å². The summed E-state index contributed by atoms with van der Waals surface area (Å²) >= 11 is 0. The number of rotatable bonds is 5. The van der Waals surface area contributed by atoms with Crippen LogP contribution in [-0.4, -0.2) is 34.9 Å². The Morgan fingerprint density at radius 3 is 2.67 bits per heavy atom. The van der Waals surface area contributed by atoms with Crippen LogP contribution < -0.4 is 5.32 Å². The summed E-state index contributed by atoms with van der Waals surface area (Å²) in [6.45, 7) is 4.48. The van der Waals surface area contributed by atoms with Gasteiger partial charge in [0.15, 0.2) is 5.60 Å². The van der Waals surface area contributed by atoms with Crippen LogP contribution in [0, 0.1) is 11.8 Å². The fourth-order valence-corrected chi connectivity index (χ4v) is 2.10. The molecule has 0 saturated heterocycles. The summed E-state index contributed by atoms with van der Waals surface area (Å²) in [6, 6.07) is 0. The SMILES string of the molecule is CC1CCCC1CNCC(C)(O)C(=O)O. The molecule has 0 radical (unpaired) electrons. The third-order valence-electron chi connectivity index (χ3n) is 3.38. The Morgan fingerprint density at radius 2 is 2.20 bits per heavy atom. The maximum absolute atomic E-state index is 10.6. The number of aliphatic hydroxyl groups is 1. The number of carbonyl (C=O) groups is 1. The summed E-state index contributed by atoms with van der Waals surface area (Å²) in [7, 11) is 0. The van der Waals surface area contributed by atoms with Crippen LogP contribution >= 0.6 is 0 Å². The third kappa shape index (κ3) is 3.47. The molecular weight excluding hydrogens is 194 g/mol. The van der Waals surface area contributed by atoms with Crippen molar-refractivity contribution in [1.82, 2.24) is 5.32 Å². The van der Waals surface area contributed by atoms with Crippen molar-refractivity contribution >= 4 is 5.97 Å². The van der Waals surface area contributed by atoms with E-state index >= 15 is 0 Å². The van der Waals surface area contributed by atoms with Gasteiger partial charge in [-0.3, -0.25) is 0 Å². The van der Waals surface area contributed by atoms with Crippen molar-refractivity contribution in [3.05, 3.63) is 0 Å². The van der Waals surface area contributed by atoms with Gasteiger partial charge in [-0.1, -0.05) is 19.8 Å². The molecule has 0 bridgehead atoms. The summed E-state index contributed by atoms with van der Waals surface area (Å²) in [5.41, 5.74) is -1.65. The van der Waals surface area contributed by atoms with Gasteiger partial charge in [0.1, 0.15) is 0 Å². The molecule has 0 aromatic rings. The molecule has 0 aliphatic heterocycles. The second-order valence-electron chi connectivity index (χ2n) is 4.88. The zero-order valence-electron chi connectivity index (χ0n) is 9.49. The average molecular weight is 215 g/mol. The first-order chi connectivity index (χ1) is 6.93. The Bertz CT molecular complexity index is 228. The zero-order valence-corrected chi connectivity index (χ0v) is 9.49. The first-order valence-corrected chi connectivity index (χ1v) is 5.60. The molecular formula is C11H21NO3. The molecule has 15 heavy (non-hydrogen) atoms. The van der Waals surface area contributed by atoms with Gasteiger partial charge < -0.3 is 15.5 Å². The van der Waals surface area contributed by atoms with Crippen LogP contribution in [0.3, 0.4) is 0 Å². The minimum absolute atomic E-state index is 0.117. The summed E-state index contributed by atoms with van der Waals surface area (Å²) in [6.07, 6.45) is 3.74. The Hall–Kier alpha value is -0.610. The maximum Gasteiger partial charge on any atom is 0.336 e. The van der Waals surface area contributed by atoms with Crippen LogP contribution in [0.25, 0.3) is 0 Å². The first kappa shape index (κ1) is 12.5. The standard InChI is InChI=1S/C11H21NO3/c1-8-4-3-5-9(8)6-12-7-11(2,15)10(13)14/h8-9,12,15H,3-7H2,1-2H3,(H,13,14). The molecule has 0 spiro atoms. The Morgan fingerprint density at radius 1 is 1.53 bits per heavy atom. The summed E-state index contributed by atoms with van der Waals surface area (Å²) in [5, 5.41) is 21.2. The molecule has 3 unspecified atom stereocenters. The summed E-state index contributed by atoms with van der Waals surface area (Å²) in [5.74, 6) is 0.177. The lowest BCUT2D eigenvalue weighted by atomic mass is 9.98. The highest BCUT2D eigenvalue weighted by atomic mass is 16.4. The molecule has 1 rings (SSSR count). The molecule has 1 fully saturated rings. The minimum Gasteiger partial charge on any atom is -0.479 e. The molecule has 0 amide bonds. The third-order valence-corrected chi connectivity index (χ3v) is 3.38. The number of aliphatic carboxylic acids is 1. The predicted molar refractivity (Wildman–Crippen MR) is 57.6 cm³/mol. The van der Waals surface area contributed by atoms with Crippen molar-refractivity contribution in [1.29, 1.82) is 0 Å². The maximum atomic E-state index is 10.6. The van der Waals surface area contributed by atoms with Gasteiger partial charge in [-0.05, 0) is 31.7 Å². The monoisotopic (exact) mass is 215 g/mol. The van der Waals surface area contributed by atoms with E-state index in [0.717, 1.165) is 6.54 Å². The molecule has 0 aromatic heterocycles. The lowest BCUT2D eigenvalue weighted by molar-refractivity contribution is -0.156. The van der Waals surface area contributed by atoms with Crippen molar-refractivity contribution in [3.63, 3.8) is 0 Å². The molecule has 0 aromatic carbocycles. The van der Waals surface area contributed by atoms with Crippen molar-refractivity contribution in [2.75, 3.05) is 13.1 Å². The molecule has 0 heterocycles. The average Bonchev–Trinajstić information content (AvgIpc) is 2.51. The topological polar surface area (TPSA) is 69.6 Å². The Kier molecular flexibility index (Phi) is 4.11. The molecule has 1 aliphatic carbocycles. The zero-order chi connectivity index (χ0) is 11.5. The van der Waals surface area contributed by atoms with E-state index in [1.54, 1.807) is 0 Å². The second-order valence-corrected chi connectivity index (χ2v) is 4.88. The molecule has 4 nitrogen and oxygen atoms in total. The molecule has 88 valence electrons. The Balaban J connectivity index is 2.24. The van der Waals surface area contributed by atoms with Crippen LogP contribution in [0.5, 0.6) is 0 Å². The van der Waals surface area contributed by atoms with Gasteiger partial charge in [0, 0.05) is 6.54 Å². The highest BCUT2D eigenvalue weighted by molar-refractivity contribution is 5.76. The van der Waals surface area contributed by atoms with Crippen molar-refractivity contribution in [3.8, 4) is 0 Å². The van der Waals surface area contributed by atoms with Crippen molar-refractivity contribution in [2.45, 2.75) is 38.7 Å². The number of carboxylic acids is 1. The second kappa shape index (κ2) is 4.94. The lowest BCUT2D eigenvalue weighted by Gasteiger charge is -2.21. The fraction of sp³-hybridized carbons (Fsp3) is 0.909. The highest BCUT2D eigenvalue weighted by Gasteiger charge is 2.30. The molecule has 1 aliphatic rings. The summed E-state index contributed by atoms with van der Waals surface area (Å²) < 4.78 is 0. The quantitative estimate of drug-likeness (QED) is 0.636. The van der Waals surface area contributed by atoms with E-state index in [1.807, 2.05) is 0 Å². The van der Waals surface area contributed by atoms with Gasteiger partial charge in [-0.2, -0.15) is 0 Å². The van der Waals surface area contributed by atoms with Crippen LogP contribution in [-0.2, 0) is 4.79 Å². The molecule has 1 saturated carbocycles. The highest BCUT2D eigenvalue weighted by Crippen LogP contribution is 2.30. The number of hydrogen-bond acceptors (Lipinski definition) is 3. The van der Waals surface area contributed by atoms with Crippen LogP contribution in [0.1, 0.15) is 33.1 Å². The van der Waals surface area contributed by atoms with E-state index in [2.05, 4.69) is 12.2 Å². The van der Waals surface area contributed by atoms with E-state index in [0.29, 0.717) is 11.8 Å². The van der Waals surface area contributed by atoms with Crippen LogP contribution in [0.15, 0.2) is 0 Å². The normalized spacial score (nSPS) is 30.1. The van der Waals surface area contributed by atoms with E-state index in [-0.39, 0.29) is 6.54 Å². The Labute approximate surface area is 90.7 Å². The number of nitrogens with one attached hydrogen (secondary N) is 1. The van der Waals surface area contributed by atoms with Gasteiger partial charge in [0.25, 0.3) is 0 Å². The predicted octanol–water partition coefficient (Wildman–Crippen LogP) is 0.848. The van der Waals surface area contributed by atoms with Gasteiger partial charge in [-0.15, -0.1) is 0 Å². The van der Waals surface area contributed by atoms with Crippen LogP contribution in [0.2, 0.25) is 0 Å². The van der Waals surface area contributed by atoms with Crippen LogP contribution in [0.4, 0.5) is 0 Å². The smallest absolute Gasteiger partial charge is 0.336 e. The van der Waals surface area contributed by atoms with Gasteiger partial charge in [0.05, 0.1) is 0 Å². The fourth-order valence-electron chi connectivity index (χ4n) is 2.10. The van der Waals surface area contributed by atoms with E-state index in [9.17, 15) is 9.90 Å². The largest absolute Gasteiger partial charge is 0.479 e. The molecule has 3 N–H and O–H groups in total. The first-order valence-electron chi connectivity index (χ1n) is 5.60. The van der Waals surface area contributed by atoms with Gasteiger partial charge in [0.2, 0.25) is 0 Å². The van der Waals surface area contributed by atoms with E-state index < -0.39 is 11.6 Å². The molecule has 3 atom stereocenters. The number of hydrogen-bond donors (Lipinski definition) is 3. The van der Waals surface area contributed by atoms with Crippen molar-refractivity contribution < 1.29 is 15.0 Å². The minimum atomic E-state index is -1.65. The molecule has 4 heteroatoms. The van der Waals surface area contributed by atoms with E-state index in [4.69, 9.17) is 5.11 Å². The van der Waals surface area contributed by atoms with E-state index in [1.165, 1.54) is 26.2 Å². The lowest BCUT2D eigenvalue weighted by Crippen LogP contribution is -2.46.